The molecule has 2 heterocycles. The molecule has 4 rings (SSSR count). The van der Waals surface area contributed by atoms with Crippen LogP contribution < -0.4 is 9.47 Å². The fourth-order valence-corrected chi connectivity index (χ4v) is 3.62. The number of hydrogen-bond acceptors (Lipinski definition) is 7. The molecule has 34 heavy (non-hydrogen) atoms. The summed E-state index contributed by atoms with van der Waals surface area (Å²) in [5, 5.41) is 7.06. The summed E-state index contributed by atoms with van der Waals surface area (Å²) < 4.78 is 52.6. The first kappa shape index (κ1) is 23.7. The summed E-state index contributed by atoms with van der Waals surface area (Å²) >= 11 is 7.08. The fraction of sp³-hybridized carbons (Fsp3) is 0.136. The quantitative estimate of drug-likeness (QED) is 0.213. The Morgan fingerprint density at radius 2 is 1.94 bits per heavy atom. The Labute approximate surface area is 200 Å². The van der Waals surface area contributed by atoms with Gasteiger partial charge in [0.1, 0.15) is 30.2 Å². The standard InChI is InChI=1S/C22H15ClF3N3O4S/c23-16-10-13(4-5-18(16)33-22(24,25)26)12-31-15-3-1-2-14(11-15)17-6-7-19(32-17)20-27-21(29-28-20)34-9-8-30/h1-8,10-11H,9,12H2,(H,27,28,29). The topological polar surface area (TPSA) is 90.2 Å². The van der Waals surface area contributed by atoms with Crippen LogP contribution in [0.25, 0.3) is 22.9 Å². The number of nitrogens with one attached hydrogen (secondary N) is 1. The van der Waals surface area contributed by atoms with E-state index in [0.717, 1.165) is 17.9 Å². The predicted molar refractivity (Wildman–Crippen MR) is 119 cm³/mol. The largest absolute Gasteiger partial charge is 0.573 e. The van der Waals surface area contributed by atoms with Crippen molar-refractivity contribution in [1.29, 1.82) is 0 Å². The number of H-pyrrole nitrogens is 1. The fourth-order valence-electron chi connectivity index (χ4n) is 2.90. The molecule has 2 aromatic carbocycles. The van der Waals surface area contributed by atoms with Crippen LogP contribution in [-0.2, 0) is 11.4 Å². The zero-order valence-electron chi connectivity index (χ0n) is 17.1. The number of furan rings is 1. The lowest BCUT2D eigenvalue weighted by atomic mass is 10.1. The van der Waals surface area contributed by atoms with Gasteiger partial charge in [0.25, 0.3) is 0 Å². The van der Waals surface area contributed by atoms with Crippen molar-refractivity contribution < 1.29 is 31.9 Å². The molecule has 0 unspecified atom stereocenters. The maximum absolute atomic E-state index is 12.4. The highest BCUT2D eigenvalue weighted by Crippen LogP contribution is 2.32. The summed E-state index contributed by atoms with van der Waals surface area (Å²) in [6.07, 6.45) is -4.05. The smallest absolute Gasteiger partial charge is 0.489 e. The first-order valence-corrected chi connectivity index (χ1v) is 11.0. The van der Waals surface area contributed by atoms with E-state index in [9.17, 15) is 18.0 Å². The van der Waals surface area contributed by atoms with Crippen molar-refractivity contribution in [3.8, 4) is 34.4 Å². The third-order valence-electron chi connectivity index (χ3n) is 4.33. The van der Waals surface area contributed by atoms with E-state index in [1.807, 2.05) is 6.07 Å². The second kappa shape index (κ2) is 10.2. The van der Waals surface area contributed by atoms with Gasteiger partial charge in [-0.3, -0.25) is 5.10 Å². The van der Waals surface area contributed by atoms with Gasteiger partial charge in [-0.1, -0.05) is 41.6 Å². The first-order chi connectivity index (χ1) is 16.3. The number of ether oxygens (including phenoxy) is 2. The van der Waals surface area contributed by atoms with Crippen molar-refractivity contribution in [2.75, 3.05) is 5.75 Å². The molecule has 0 aliphatic heterocycles. The molecule has 0 amide bonds. The van der Waals surface area contributed by atoms with E-state index >= 15 is 0 Å². The molecule has 1 N–H and O–H groups in total. The highest BCUT2D eigenvalue weighted by atomic mass is 35.5. The average molecular weight is 510 g/mol. The van der Waals surface area contributed by atoms with E-state index in [2.05, 4.69) is 19.9 Å². The molecular weight excluding hydrogens is 495 g/mol. The van der Waals surface area contributed by atoms with Gasteiger partial charge in [-0.25, -0.2) is 0 Å². The Morgan fingerprint density at radius 1 is 1.12 bits per heavy atom. The van der Waals surface area contributed by atoms with Crippen LogP contribution in [0.5, 0.6) is 11.5 Å². The number of alkyl halides is 3. The third-order valence-corrected chi connectivity index (χ3v) is 5.37. The first-order valence-electron chi connectivity index (χ1n) is 9.67. The zero-order valence-corrected chi connectivity index (χ0v) is 18.7. The van der Waals surface area contributed by atoms with Gasteiger partial charge in [0.15, 0.2) is 11.6 Å². The molecule has 0 saturated heterocycles. The second-order valence-corrected chi connectivity index (χ2v) is 8.13. The summed E-state index contributed by atoms with van der Waals surface area (Å²) in [6, 6.07) is 14.6. The number of aldehydes is 1. The lowest BCUT2D eigenvalue weighted by Crippen LogP contribution is -2.17. The number of carbonyl (C=O) groups excluding carboxylic acids is 1. The van der Waals surface area contributed by atoms with Crippen LogP contribution in [-0.4, -0.2) is 33.6 Å². The molecule has 0 atom stereocenters. The van der Waals surface area contributed by atoms with Crippen LogP contribution in [0.4, 0.5) is 13.2 Å². The molecule has 0 bridgehead atoms. The predicted octanol–water partition coefficient (Wildman–Crippen LogP) is 6.15. The highest BCUT2D eigenvalue weighted by molar-refractivity contribution is 7.99. The van der Waals surface area contributed by atoms with Crippen LogP contribution in [0.2, 0.25) is 5.02 Å². The Morgan fingerprint density at radius 3 is 2.71 bits per heavy atom. The maximum atomic E-state index is 12.4. The number of rotatable bonds is 9. The molecule has 176 valence electrons. The van der Waals surface area contributed by atoms with Crippen LogP contribution in [0.3, 0.4) is 0 Å². The minimum Gasteiger partial charge on any atom is -0.489 e. The van der Waals surface area contributed by atoms with E-state index in [0.29, 0.717) is 33.8 Å². The molecule has 12 heteroatoms. The molecule has 0 radical (unpaired) electrons. The molecular formula is C22H15ClF3N3O4S. The average Bonchev–Trinajstić information content (AvgIpc) is 3.47. The van der Waals surface area contributed by atoms with Crippen molar-refractivity contribution in [1.82, 2.24) is 15.2 Å². The van der Waals surface area contributed by atoms with Crippen molar-refractivity contribution in [3.05, 3.63) is 65.2 Å². The van der Waals surface area contributed by atoms with E-state index in [-0.39, 0.29) is 17.4 Å². The summed E-state index contributed by atoms with van der Waals surface area (Å²) in [4.78, 5) is 14.8. The minimum atomic E-state index is -4.82. The molecule has 0 aliphatic carbocycles. The lowest BCUT2D eigenvalue weighted by Gasteiger charge is -2.12. The SMILES string of the molecule is O=CCSc1n[nH]c(-c2ccc(-c3cccc(OCc4ccc(OC(F)(F)F)c(Cl)c4)c3)o2)n1. The minimum absolute atomic E-state index is 0.0815. The summed E-state index contributed by atoms with van der Waals surface area (Å²) in [5.41, 5.74) is 1.31. The Kier molecular flexibility index (Phi) is 7.13. The molecule has 0 spiro atoms. The van der Waals surface area contributed by atoms with E-state index in [1.54, 1.807) is 30.3 Å². The van der Waals surface area contributed by atoms with Gasteiger partial charge >= 0.3 is 6.36 Å². The monoisotopic (exact) mass is 509 g/mol. The van der Waals surface area contributed by atoms with Gasteiger partial charge in [-0.05, 0) is 42.0 Å². The summed E-state index contributed by atoms with van der Waals surface area (Å²) in [5.74, 6) is 1.77. The number of benzene rings is 2. The molecule has 0 saturated carbocycles. The number of hydrogen-bond donors (Lipinski definition) is 1. The van der Waals surface area contributed by atoms with Gasteiger partial charge in [-0.2, -0.15) is 4.98 Å². The normalized spacial score (nSPS) is 11.4. The van der Waals surface area contributed by atoms with Gasteiger partial charge in [-0.15, -0.1) is 18.3 Å². The molecule has 7 nitrogen and oxygen atoms in total. The van der Waals surface area contributed by atoms with Gasteiger partial charge in [0.2, 0.25) is 5.16 Å². The van der Waals surface area contributed by atoms with Crippen LogP contribution in [0, 0.1) is 0 Å². The number of aromatic nitrogens is 3. The maximum Gasteiger partial charge on any atom is 0.573 e. The number of halogens is 4. The number of nitrogens with zero attached hydrogens (tertiary/aromatic N) is 2. The molecule has 0 aliphatic rings. The van der Waals surface area contributed by atoms with E-state index in [1.165, 1.54) is 23.9 Å². The zero-order chi connectivity index (χ0) is 24.1. The van der Waals surface area contributed by atoms with Crippen LogP contribution >= 0.6 is 23.4 Å². The van der Waals surface area contributed by atoms with Crippen LogP contribution in [0.1, 0.15) is 5.56 Å². The summed E-state index contributed by atoms with van der Waals surface area (Å²) in [7, 11) is 0. The van der Waals surface area contributed by atoms with Crippen molar-refractivity contribution in [2.45, 2.75) is 18.1 Å². The third kappa shape index (κ3) is 6.12. The van der Waals surface area contributed by atoms with Crippen molar-refractivity contribution in [2.24, 2.45) is 0 Å². The van der Waals surface area contributed by atoms with E-state index < -0.39 is 12.1 Å². The Balaban J connectivity index is 1.42. The van der Waals surface area contributed by atoms with Gasteiger partial charge < -0.3 is 18.7 Å². The molecule has 0 fully saturated rings. The second-order valence-electron chi connectivity index (χ2n) is 6.74. The Bertz CT molecular complexity index is 1290. The number of aromatic amines is 1. The molecule has 4 aromatic rings. The van der Waals surface area contributed by atoms with Crippen molar-refractivity contribution >= 4 is 29.6 Å². The Hall–Kier alpha value is -3.44. The van der Waals surface area contributed by atoms with Gasteiger partial charge in [0.05, 0.1) is 10.8 Å². The van der Waals surface area contributed by atoms with Gasteiger partial charge in [0, 0.05) is 5.56 Å². The van der Waals surface area contributed by atoms with Crippen LogP contribution in [0.15, 0.2) is 64.2 Å². The number of thioether (sulfide) groups is 1. The van der Waals surface area contributed by atoms with E-state index in [4.69, 9.17) is 20.8 Å². The summed E-state index contributed by atoms with van der Waals surface area (Å²) in [6.45, 7) is 0.0815. The van der Waals surface area contributed by atoms with Crippen molar-refractivity contribution in [3.63, 3.8) is 0 Å². The lowest BCUT2D eigenvalue weighted by molar-refractivity contribution is -0.274. The molecule has 2 aromatic heterocycles. The number of carbonyl (C=O) groups is 1. The highest BCUT2D eigenvalue weighted by Gasteiger charge is 2.32.